The molecule has 5 rings (SSSR count). The topological polar surface area (TPSA) is 187 Å². The van der Waals surface area contributed by atoms with Crippen LogP contribution in [0.3, 0.4) is 0 Å². The number of hydrazone groups is 1. The van der Waals surface area contributed by atoms with E-state index in [0.29, 0.717) is 10.9 Å². The molecular formula is C41H33N3O12S. The van der Waals surface area contributed by atoms with E-state index in [9.17, 15) is 24.0 Å². The van der Waals surface area contributed by atoms with Crippen LogP contribution in [0.1, 0.15) is 32.7 Å². The van der Waals surface area contributed by atoms with Gasteiger partial charge in [0.25, 0.3) is 0 Å². The summed E-state index contributed by atoms with van der Waals surface area (Å²) in [4.78, 5) is 65.5. The van der Waals surface area contributed by atoms with Gasteiger partial charge in [-0.1, -0.05) is 43.2 Å². The number of allylic oxidation sites excluding steroid dienone is 1. The first-order valence-electron chi connectivity index (χ1n) is 16.7. The summed E-state index contributed by atoms with van der Waals surface area (Å²) in [6.45, 7) is 9.19. The summed E-state index contributed by atoms with van der Waals surface area (Å²) in [5, 5.41) is 4.79. The zero-order chi connectivity index (χ0) is 40.6. The monoisotopic (exact) mass is 791 g/mol. The fraction of sp³-hybridized carbons (Fsp3) is 0.0976. The molecule has 0 aliphatic rings. The van der Waals surface area contributed by atoms with E-state index in [1.54, 1.807) is 0 Å². The van der Waals surface area contributed by atoms with Crippen LogP contribution in [-0.4, -0.2) is 61.1 Å². The van der Waals surface area contributed by atoms with Gasteiger partial charge in [0.05, 0.1) is 34.2 Å². The highest BCUT2D eigenvalue weighted by atomic mass is 32.1. The first-order valence-corrected chi connectivity index (χ1v) is 17.6. The van der Waals surface area contributed by atoms with E-state index >= 15 is 0 Å². The molecule has 1 aromatic heterocycles. The molecule has 4 aromatic carbocycles. The molecule has 0 amide bonds. The highest BCUT2D eigenvalue weighted by molar-refractivity contribution is 7.22. The number of anilines is 1. The van der Waals surface area contributed by atoms with Gasteiger partial charge in [0.1, 0.15) is 17.2 Å². The Hall–Kier alpha value is -7.59. The highest BCUT2D eigenvalue weighted by Crippen LogP contribution is 2.31. The third kappa shape index (κ3) is 12.0. The number of carbonyl (C=O) groups is 5. The number of hydrogen-bond donors (Lipinski definition) is 1. The van der Waals surface area contributed by atoms with Gasteiger partial charge in [-0.3, -0.25) is 10.2 Å². The Morgan fingerprint density at radius 3 is 2.07 bits per heavy atom. The van der Waals surface area contributed by atoms with Crippen molar-refractivity contribution in [2.75, 3.05) is 25.6 Å². The first-order chi connectivity index (χ1) is 27.6. The van der Waals surface area contributed by atoms with Gasteiger partial charge >= 0.3 is 23.9 Å². The van der Waals surface area contributed by atoms with Crippen LogP contribution >= 0.6 is 11.3 Å². The Morgan fingerprint density at radius 1 is 0.684 bits per heavy atom. The number of ether oxygens (including phenoxy) is 7. The molecule has 5 aromatic rings. The smallest absolute Gasteiger partial charge is 0.343 e. The van der Waals surface area contributed by atoms with Crippen molar-refractivity contribution in [1.82, 2.24) is 4.98 Å². The van der Waals surface area contributed by atoms with Crippen molar-refractivity contribution in [2.45, 2.75) is 6.42 Å². The normalized spacial score (nSPS) is 10.5. The van der Waals surface area contributed by atoms with Crippen LogP contribution in [0, 0.1) is 0 Å². The molecule has 0 saturated heterocycles. The predicted octanol–water partition coefficient (Wildman–Crippen LogP) is 6.84. The molecule has 0 bridgehead atoms. The van der Waals surface area contributed by atoms with Gasteiger partial charge in [-0.2, -0.15) is 5.10 Å². The Kier molecular flexibility index (Phi) is 14.4. The van der Waals surface area contributed by atoms with E-state index < -0.39 is 30.7 Å². The third-order valence-electron chi connectivity index (χ3n) is 7.33. The minimum atomic E-state index is -0.813. The minimum Gasteiger partial charge on any atom is -0.489 e. The van der Waals surface area contributed by atoms with Gasteiger partial charge in [0.15, 0.2) is 17.3 Å². The molecular weight excluding hydrogens is 759 g/mol. The SMILES string of the molecule is C=CC(=O)CCOc1cc(C(=O)Oc2ccc(OC(=O)c3ccc(OCOC(=O)C=C)cc3)cc2/C=N/Nc2nc3ccccc3s2)ccc1OCOC(=O)C=C. The summed E-state index contributed by atoms with van der Waals surface area (Å²) >= 11 is 1.38. The maximum atomic E-state index is 13.5. The van der Waals surface area contributed by atoms with Crippen LogP contribution in [0.15, 0.2) is 128 Å². The van der Waals surface area contributed by atoms with Crippen molar-refractivity contribution in [3.63, 3.8) is 0 Å². The second kappa shape index (κ2) is 20.2. The molecule has 0 aliphatic carbocycles. The Labute approximate surface area is 329 Å². The fourth-order valence-electron chi connectivity index (χ4n) is 4.53. The average molecular weight is 792 g/mol. The van der Waals surface area contributed by atoms with E-state index in [2.05, 4.69) is 35.2 Å². The van der Waals surface area contributed by atoms with Crippen molar-refractivity contribution >= 4 is 62.6 Å². The van der Waals surface area contributed by atoms with Crippen molar-refractivity contribution < 1.29 is 57.1 Å². The molecule has 290 valence electrons. The van der Waals surface area contributed by atoms with Gasteiger partial charge in [-0.05, 0) is 78.9 Å². The number of carbonyl (C=O) groups excluding carboxylic acids is 5. The molecule has 1 N–H and O–H groups in total. The molecule has 0 spiro atoms. The van der Waals surface area contributed by atoms with Crippen LogP contribution < -0.4 is 29.1 Å². The van der Waals surface area contributed by atoms with Crippen LogP contribution in [-0.2, 0) is 23.9 Å². The van der Waals surface area contributed by atoms with Gasteiger partial charge in [-0.15, -0.1) is 0 Å². The van der Waals surface area contributed by atoms with E-state index in [0.717, 1.165) is 28.4 Å². The number of para-hydroxylation sites is 1. The quantitative estimate of drug-likeness (QED) is 0.0216. The molecule has 0 fully saturated rings. The van der Waals surface area contributed by atoms with E-state index in [-0.39, 0.29) is 65.3 Å². The number of hydrogen-bond acceptors (Lipinski definition) is 16. The maximum Gasteiger partial charge on any atom is 0.343 e. The summed E-state index contributed by atoms with van der Waals surface area (Å²) < 4.78 is 38.5. The second-order valence-corrected chi connectivity index (χ2v) is 12.2. The number of benzene rings is 4. The molecule has 15 nitrogen and oxygen atoms in total. The zero-order valence-corrected chi connectivity index (χ0v) is 30.9. The predicted molar refractivity (Wildman–Crippen MR) is 209 cm³/mol. The lowest BCUT2D eigenvalue weighted by molar-refractivity contribution is -0.145. The lowest BCUT2D eigenvalue weighted by Gasteiger charge is -2.14. The van der Waals surface area contributed by atoms with Gasteiger partial charge in [0, 0.05) is 24.1 Å². The molecule has 57 heavy (non-hydrogen) atoms. The standard InChI is InChI=1S/C41H33N3O12S/c1-4-29(45)19-20-50-35-22-27(13-17-34(35)52-25-54-38(47)6-3)40(49)56-33-18-16-31(21-28(33)23-42-44-41-43-32-9-7-8-10-36(32)57-41)55-39(48)26-11-14-30(15-12-26)51-24-53-37(46)5-2/h4-18,21-23H,1-3,19-20,24-25H2,(H,43,44)/b42-23+. The largest absolute Gasteiger partial charge is 0.489 e. The van der Waals surface area contributed by atoms with Gasteiger partial charge in [0.2, 0.25) is 18.7 Å². The fourth-order valence-corrected chi connectivity index (χ4v) is 5.34. The van der Waals surface area contributed by atoms with Crippen LogP contribution in [0.25, 0.3) is 10.2 Å². The number of aromatic nitrogens is 1. The molecule has 0 unspecified atom stereocenters. The minimum absolute atomic E-state index is 0.00246. The Morgan fingerprint density at radius 2 is 1.35 bits per heavy atom. The molecule has 0 radical (unpaired) electrons. The van der Waals surface area contributed by atoms with Crippen molar-refractivity contribution in [2.24, 2.45) is 5.10 Å². The maximum absolute atomic E-state index is 13.5. The van der Waals surface area contributed by atoms with Crippen molar-refractivity contribution in [3.05, 3.63) is 140 Å². The first kappa shape index (κ1) is 40.6. The van der Waals surface area contributed by atoms with Crippen LogP contribution in [0.5, 0.6) is 28.7 Å². The Balaban J connectivity index is 1.35. The molecule has 0 saturated carbocycles. The Bertz CT molecular complexity index is 2300. The summed E-state index contributed by atoms with van der Waals surface area (Å²) in [6.07, 6.45) is 4.50. The van der Waals surface area contributed by atoms with Gasteiger partial charge < -0.3 is 33.2 Å². The summed E-state index contributed by atoms with van der Waals surface area (Å²) in [5.74, 6) is -2.47. The zero-order valence-electron chi connectivity index (χ0n) is 30.0. The van der Waals surface area contributed by atoms with Crippen LogP contribution in [0.4, 0.5) is 5.13 Å². The number of rotatable bonds is 20. The van der Waals surface area contributed by atoms with E-state index in [4.69, 9.17) is 33.2 Å². The number of nitrogens with one attached hydrogen (secondary N) is 1. The summed E-state index contributed by atoms with van der Waals surface area (Å²) in [6, 6.07) is 21.9. The lowest BCUT2D eigenvalue weighted by atomic mass is 10.1. The number of ketones is 1. The van der Waals surface area contributed by atoms with E-state index in [1.807, 2.05) is 24.3 Å². The third-order valence-corrected chi connectivity index (χ3v) is 8.27. The average Bonchev–Trinajstić information content (AvgIpc) is 3.65. The summed E-state index contributed by atoms with van der Waals surface area (Å²) in [7, 11) is 0. The van der Waals surface area contributed by atoms with E-state index in [1.165, 1.54) is 78.2 Å². The molecule has 1 heterocycles. The van der Waals surface area contributed by atoms with Crippen LogP contribution in [0.2, 0.25) is 0 Å². The molecule has 16 heteroatoms. The highest BCUT2D eigenvalue weighted by Gasteiger charge is 2.18. The number of nitrogens with zero attached hydrogens (tertiary/aromatic N) is 2. The van der Waals surface area contributed by atoms with Gasteiger partial charge in [-0.25, -0.2) is 24.2 Å². The number of fused-ring (bicyclic) bond motifs is 1. The molecule has 0 aliphatic heterocycles. The number of thiazole rings is 1. The lowest BCUT2D eigenvalue weighted by Crippen LogP contribution is -2.13. The van der Waals surface area contributed by atoms with Crippen molar-refractivity contribution in [3.8, 4) is 28.7 Å². The second-order valence-electron chi connectivity index (χ2n) is 11.1. The number of esters is 4. The summed E-state index contributed by atoms with van der Waals surface area (Å²) in [5.41, 5.74) is 4.11. The van der Waals surface area contributed by atoms with Crippen molar-refractivity contribution in [1.29, 1.82) is 0 Å². The molecule has 0 atom stereocenters.